The minimum absolute atomic E-state index is 0.236. The lowest BCUT2D eigenvalue weighted by atomic mass is 10.1. The maximum Gasteiger partial charge on any atom is 0.0570 e. The van der Waals surface area contributed by atoms with Crippen molar-refractivity contribution < 1.29 is 0 Å². The quantitative estimate of drug-likeness (QED) is 0.913. The molecule has 94 valence electrons. The molecule has 0 spiro atoms. The third-order valence-electron chi connectivity index (χ3n) is 2.98. The Morgan fingerprint density at radius 2 is 1.89 bits per heavy atom. The minimum atomic E-state index is 0.236. The normalized spacial score (nSPS) is 14.2. The van der Waals surface area contributed by atoms with Crippen LogP contribution in [-0.4, -0.2) is 4.98 Å². The Labute approximate surface area is 117 Å². The zero-order chi connectivity index (χ0) is 13.0. The predicted octanol–water partition coefficient (Wildman–Crippen LogP) is 4.26. The van der Waals surface area contributed by atoms with Crippen molar-refractivity contribution in [3.8, 4) is 0 Å². The molecule has 0 saturated heterocycles. The highest BCUT2D eigenvalue weighted by Gasteiger charge is 2.11. The fourth-order valence-electron chi connectivity index (χ4n) is 1.96. The summed E-state index contributed by atoms with van der Waals surface area (Å²) in [7, 11) is 0. The lowest BCUT2D eigenvalue weighted by molar-refractivity contribution is 0.486. The highest BCUT2D eigenvalue weighted by molar-refractivity contribution is 9.10. The lowest BCUT2D eigenvalue weighted by Gasteiger charge is -2.20. The van der Waals surface area contributed by atoms with Crippen molar-refractivity contribution in [3.05, 3.63) is 64.4 Å². The van der Waals surface area contributed by atoms with Crippen molar-refractivity contribution in [1.82, 2.24) is 10.3 Å². The molecule has 1 unspecified atom stereocenters. The van der Waals surface area contributed by atoms with Gasteiger partial charge in [-0.05, 0) is 43.7 Å². The van der Waals surface area contributed by atoms with E-state index in [0.29, 0.717) is 6.04 Å². The molecule has 0 aliphatic rings. The van der Waals surface area contributed by atoms with E-state index in [0.717, 1.165) is 10.2 Å². The van der Waals surface area contributed by atoms with E-state index in [9.17, 15) is 0 Å². The molecule has 1 N–H and O–H groups in total. The average Bonchev–Trinajstić information content (AvgIpc) is 2.39. The first-order chi connectivity index (χ1) is 8.66. The van der Waals surface area contributed by atoms with Gasteiger partial charge in [-0.2, -0.15) is 0 Å². The van der Waals surface area contributed by atoms with Crippen LogP contribution in [-0.2, 0) is 0 Å². The van der Waals surface area contributed by atoms with Gasteiger partial charge in [0.2, 0.25) is 0 Å². The van der Waals surface area contributed by atoms with Crippen molar-refractivity contribution in [3.63, 3.8) is 0 Å². The van der Waals surface area contributed by atoms with Gasteiger partial charge in [0.1, 0.15) is 0 Å². The molecule has 2 atom stereocenters. The molecule has 0 bridgehead atoms. The number of hydrogen-bond acceptors (Lipinski definition) is 2. The van der Waals surface area contributed by atoms with E-state index < -0.39 is 0 Å². The van der Waals surface area contributed by atoms with Crippen LogP contribution in [0.1, 0.15) is 37.2 Å². The zero-order valence-electron chi connectivity index (χ0n) is 10.6. The van der Waals surface area contributed by atoms with Gasteiger partial charge in [0.05, 0.1) is 5.69 Å². The van der Waals surface area contributed by atoms with Crippen molar-refractivity contribution in [2.75, 3.05) is 0 Å². The number of rotatable bonds is 4. The van der Waals surface area contributed by atoms with Crippen LogP contribution >= 0.6 is 15.9 Å². The molecule has 0 amide bonds. The number of halogens is 1. The highest BCUT2D eigenvalue weighted by atomic mass is 79.9. The fraction of sp³-hybridized carbons (Fsp3) is 0.267. The summed E-state index contributed by atoms with van der Waals surface area (Å²) >= 11 is 3.50. The van der Waals surface area contributed by atoms with E-state index in [-0.39, 0.29) is 6.04 Å². The van der Waals surface area contributed by atoms with Crippen LogP contribution in [0.3, 0.4) is 0 Å². The Balaban J connectivity index is 2.05. The summed E-state index contributed by atoms with van der Waals surface area (Å²) in [6, 6.07) is 14.9. The standard InChI is InChI=1S/C15H17BrN2/c1-11(13-6-5-7-14(16)10-13)18-12(2)15-8-3-4-9-17-15/h3-12,18H,1-2H3/t11?,12-/m0/s1. The van der Waals surface area contributed by atoms with Crippen LogP contribution in [0.25, 0.3) is 0 Å². The number of pyridine rings is 1. The summed E-state index contributed by atoms with van der Waals surface area (Å²) in [5.41, 5.74) is 2.34. The van der Waals surface area contributed by atoms with Gasteiger partial charge < -0.3 is 5.32 Å². The van der Waals surface area contributed by atoms with Gasteiger partial charge in [0, 0.05) is 22.8 Å². The van der Waals surface area contributed by atoms with E-state index in [1.165, 1.54) is 5.56 Å². The van der Waals surface area contributed by atoms with Crippen LogP contribution in [0.4, 0.5) is 0 Å². The molecule has 0 fully saturated rings. The summed E-state index contributed by atoms with van der Waals surface area (Å²) in [6.07, 6.45) is 1.83. The molecule has 1 aromatic heterocycles. The topological polar surface area (TPSA) is 24.9 Å². The highest BCUT2D eigenvalue weighted by Crippen LogP contribution is 2.20. The molecular formula is C15H17BrN2. The molecule has 0 aliphatic carbocycles. The molecule has 1 aromatic carbocycles. The lowest BCUT2D eigenvalue weighted by Crippen LogP contribution is -2.23. The Kier molecular flexibility index (Phi) is 4.50. The van der Waals surface area contributed by atoms with Crippen LogP contribution < -0.4 is 5.32 Å². The van der Waals surface area contributed by atoms with Crippen molar-refractivity contribution in [2.24, 2.45) is 0 Å². The number of aromatic nitrogens is 1. The van der Waals surface area contributed by atoms with Crippen molar-refractivity contribution in [1.29, 1.82) is 0 Å². The van der Waals surface area contributed by atoms with Gasteiger partial charge in [0.15, 0.2) is 0 Å². The van der Waals surface area contributed by atoms with Gasteiger partial charge in [-0.3, -0.25) is 4.98 Å². The molecule has 3 heteroatoms. The monoisotopic (exact) mass is 304 g/mol. The van der Waals surface area contributed by atoms with Gasteiger partial charge in [-0.25, -0.2) is 0 Å². The maximum atomic E-state index is 4.37. The van der Waals surface area contributed by atoms with Gasteiger partial charge in [0.25, 0.3) is 0 Å². The Bertz CT molecular complexity index is 499. The smallest absolute Gasteiger partial charge is 0.0570 e. The summed E-state index contributed by atoms with van der Waals surface area (Å²) in [5, 5.41) is 3.56. The molecule has 0 aliphatic heterocycles. The molecule has 18 heavy (non-hydrogen) atoms. The third-order valence-corrected chi connectivity index (χ3v) is 3.47. The number of benzene rings is 1. The zero-order valence-corrected chi connectivity index (χ0v) is 12.2. The minimum Gasteiger partial charge on any atom is -0.302 e. The van der Waals surface area contributed by atoms with E-state index >= 15 is 0 Å². The Morgan fingerprint density at radius 3 is 2.56 bits per heavy atom. The SMILES string of the molecule is CC(N[C@@H](C)c1ccccn1)c1cccc(Br)c1. The van der Waals surface area contributed by atoms with Gasteiger partial charge in [-0.1, -0.05) is 34.1 Å². The summed E-state index contributed by atoms with van der Waals surface area (Å²) in [6.45, 7) is 4.30. The van der Waals surface area contributed by atoms with Gasteiger partial charge in [-0.15, -0.1) is 0 Å². The fourth-order valence-corrected chi connectivity index (χ4v) is 2.38. The van der Waals surface area contributed by atoms with Crippen molar-refractivity contribution in [2.45, 2.75) is 25.9 Å². The van der Waals surface area contributed by atoms with E-state index in [1.807, 2.05) is 30.5 Å². The predicted molar refractivity (Wildman–Crippen MR) is 78.3 cm³/mol. The average molecular weight is 305 g/mol. The molecule has 2 aromatic rings. The van der Waals surface area contributed by atoms with Crippen LogP contribution in [0.5, 0.6) is 0 Å². The van der Waals surface area contributed by atoms with E-state index in [1.54, 1.807) is 0 Å². The first-order valence-electron chi connectivity index (χ1n) is 6.09. The van der Waals surface area contributed by atoms with Crippen LogP contribution in [0, 0.1) is 0 Å². The van der Waals surface area contributed by atoms with E-state index in [2.05, 4.69) is 58.3 Å². The first kappa shape index (κ1) is 13.2. The summed E-state index contributed by atoms with van der Waals surface area (Å²) < 4.78 is 1.11. The molecule has 2 rings (SSSR count). The third kappa shape index (κ3) is 3.40. The second kappa shape index (κ2) is 6.12. The summed E-state index contributed by atoms with van der Waals surface area (Å²) in [5.74, 6) is 0. The molecular weight excluding hydrogens is 288 g/mol. The maximum absolute atomic E-state index is 4.37. The second-order valence-electron chi connectivity index (χ2n) is 4.42. The molecule has 0 saturated carbocycles. The Hall–Kier alpha value is -1.19. The molecule has 2 nitrogen and oxygen atoms in total. The second-order valence-corrected chi connectivity index (χ2v) is 5.34. The first-order valence-corrected chi connectivity index (χ1v) is 6.88. The number of nitrogens with zero attached hydrogens (tertiary/aromatic N) is 1. The van der Waals surface area contributed by atoms with E-state index in [4.69, 9.17) is 0 Å². The molecule has 1 heterocycles. The van der Waals surface area contributed by atoms with Crippen molar-refractivity contribution >= 4 is 15.9 Å². The largest absolute Gasteiger partial charge is 0.302 e. The number of hydrogen-bond donors (Lipinski definition) is 1. The number of nitrogens with one attached hydrogen (secondary N) is 1. The Morgan fingerprint density at radius 1 is 1.06 bits per heavy atom. The van der Waals surface area contributed by atoms with Crippen LogP contribution in [0.15, 0.2) is 53.1 Å². The van der Waals surface area contributed by atoms with Crippen LogP contribution in [0.2, 0.25) is 0 Å². The molecule has 0 radical (unpaired) electrons. The summed E-state index contributed by atoms with van der Waals surface area (Å²) in [4.78, 5) is 4.37. The van der Waals surface area contributed by atoms with Gasteiger partial charge >= 0.3 is 0 Å².